The van der Waals surface area contributed by atoms with E-state index in [-0.39, 0.29) is 12.1 Å². The molecule has 28 heavy (non-hydrogen) atoms. The number of aryl methyl sites for hydroxylation is 1. The third kappa shape index (κ3) is 5.50. The molecule has 3 amide bonds. The van der Waals surface area contributed by atoms with E-state index < -0.39 is 17.7 Å². The van der Waals surface area contributed by atoms with Crippen molar-refractivity contribution in [1.82, 2.24) is 16.2 Å². The Morgan fingerprint density at radius 2 is 1.86 bits per heavy atom. The zero-order valence-electron chi connectivity index (χ0n) is 16.0. The minimum Gasteiger partial charge on any atom is -0.493 e. The molecule has 0 aliphatic rings. The van der Waals surface area contributed by atoms with Gasteiger partial charge in [-0.2, -0.15) is 0 Å². The molecule has 0 fully saturated rings. The van der Waals surface area contributed by atoms with Gasteiger partial charge in [-0.3, -0.25) is 25.2 Å². The Bertz CT molecular complexity index is 846. The van der Waals surface area contributed by atoms with Gasteiger partial charge in [-0.1, -0.05) is 6.92 Å². The summed E-state index contributed by atoms with van der Waals surface area (Å²) in [5.41, 5.74) is 5.13. The molecule has 0 aliphatic carbocycles. The predicted molar refractivity (Wildman–Crippen MR) is 100 cm³/mol. The van der Waals surface area contributed by atoms with E-state index >= 15 is 0 Å². The van der Waals surface area contributed by atoms with Gasteiger partial charge >= 0.3 is 0 Å². The maximum absolute atomic E-state index is 12.2. The molecule has 3 N–H and O–H groups in total. The Morgan fingerprint density at radius 3 is 2.50 bits per heavy atom. The molecule has 9 nitrogen and oxygen atoms in total. The van der Waals surface area contributed by atoms with Gasteiger partial charge in [0.15, 0.2) is 11.5 Å². The summed E-state index contributed by atoms with van der Waals surface area (Å²) in [4.78, 5) is 35.9. The average molecular weight is 389 g/mol. The molecule has 0 unspecified atom stereocenters. The minimum absolute atomic E-state index is 0.277. The first-order valence-corrected chi connectivity index (χ1v) is 8.68. The van der Waals surface area contributed by atoms with Crippen molar-refractivity contribution in [2.45, 2.75) is 20.3 Å². The van der Waals surface area contributed by atoms with Crippen molar-refractivity contribution >= 4 is 17.7 Å². The van der Waals surface area contributed by atoms with Gasteiger partial charge in [-0.15, -0.1) is 0 Å². The molecule has 0 aliphatic heterocycles. The Labute approximate surface area is 162 Å². The van der Waals surface area contributed by atoms with E-state index in [0.717, 1.165) is 6.42 Å². The number of carbonyl (C=O) groups excluding carboxylic acids is 3. The number of methoxy groups -OCH3 is 1. The van der Waals surface area contributed by atoms with E-state index in [1.807, 2.05) is 6.92 Å². The zero-order chi connectivity index (χ0) is 20.5. The van der Waals surface area contributed by atoms with E-state index in [2.05, 4.69) is 16.2 Å². The molecule has 0 radical (unpaired) electrons. The average Bonchev–Trinajstić information content (AvgIpc) is 3.14. The normalized spacial score (nSPS) is 10.1. The van der Waals surface area contributed by atoms with Crippen LogP contribution in [0.25, 0.3) is 0 Å². The molecule has 1 heterocycles. The van der Waals surface area contributed by atoms with Crippen molar-refractivity contribution in [3.8, 4) is 11.5 Å². The summed E-state index contributed by atoms with van der Waals surface area (Å²) in [6.07, 6.45) is 2.23. The molecule has 0 spiro atoms. The standard InChI is InChI=1S/C19H23N3O6/c1-4-8-28-15-6-5-13(10-16(15)26-3)18(24)22-21-17(23)11-20-19(25)14-7-9-27-12(14)2/h5-7,9-10H,4,8,11H2,1-3H3,(H,20,25)(H,21,23)(H,22,24). The van der Waals surface area contributed by atoms with E-state index in [0.29, 0.717) is 29.4 Å². The second-order valence-electron chi connectivity index (χ2n) is 5.79. The Hall–Kier alpha value is -3.49. The monoisotopic (exact) mass is 389 g/mol. The fourth-order valence-electron chi connectivity index (χ4n) is 2.26. The second kappa shape index (κ2) is 10.0. The highest BCUT2D eigenvalue weighted by Gasteiger charge is 2.14. The first-order valence-electron chi connectivity index (χ1n) is 8.68. The first-order chi connectivity index (χ1) is 13.5. The van der Waals surface area contributed by atoms with Crippen molar-refractivity contribution in [3.63, 3.8) is 0 Å². The highest BCUT2D eigenvalue weighted by atomic mass is 16.5. The van der Waals surface area contributed by atoms with Gasteiger partial charge < -0.3 is 19.2 Å². The number of hydrogen-bond donors (Lipinski definition) is 3. The summed E-state index contributed by atoms with van der Waals surface area (Å²) >= 11 is 0. The minimum atomic E-state index is -0.585. The van der Waals surface area contributed by atoms with Crippen LogP contribution in [0.1, 0.15) is 39.8 Å². The lowest BCUT2D eigenvalue weighted by Gasteiger charge is -2.12. The lowest BCUT2D eigenvalue weighted by atomic mass is 10.2. The number of carbonyl (C=O) groups is 3. The Morgan fingerprint density at radius 1 is 1.07 bits per heavy atom. The van der Waals surface area contributed by atoms with Crippen molar-refractivity contribution in [3.05, 3.63) is 47.4 Å². The van der Waals surface area contributed by atoms with Crippen LogP contribution < -0.4 is 25.6 Å². The van der Waals surface area contributed by atoms with Gasteiger partial charge in [0.2, 0.25) is 0 Å². The molecule has 1 aromatic heterocycles. The summed E-state index contributed by atoms with van der Waals surface area (Å²) in [5.74, 6) is -0.174. The van der Waals surface area contributed by atoms with Crippen LogP contribution in [0.3, 0.4) is 0 Å². The van der Waals surface area contributed by atoms with Crippen molar-refractivity contribution in [2.75, 3.05) is 20.3 Å². The number of hydrazine groups is 1. The molecule has 0 atom stereocenters. The molecule has 9 heteroatoms. The Balaban J connectivity index is 1.85. The van der Waals surface area contributed by atoms with Crippen molar-refractivity contribution < 1.29 is 28.3 Å². The molecule has 2 rings (SSSR count). The molecule has 2 aromatic rings. The molecule has 1 aromatic carbocycles. The maximum Gasteiger partial charge on any atom is 0.269 e. The van der Waals surface area contributed by atoms with Gasteiger partial charge in [-0.25, -0.2) is 0 Å². The van der Waals surface area contributed by atoms with Crippen LogP contribution in [0.2, 0.25) is 0 Å². The van der Waals surface area contributed by atoms with Crippen LogP contribution in [0.15, 0.2) is 34.9 Å². The van der Waals surface area contributed by atoms with Crippen LogP contribution in [-0.4, -0.2) is 38.0 Å². The highest BCUT2D eigenvalue weighted by molar-refractivity contribution is 5.98. The third-order valence-corrected chi connectivity index (χ3v) is 3.72. The van der Waals surface area contributed by atoms with E-state index in [9.17, 15) is 14.4 Å². The highest BCUT2D eigenvalue weighted by Crippen LogP contribution is 2.28. The fourth-order valence-corrected chi connectivity index (χ4v) is 2.26. The number of nitrogens with one attached hydrogen (secondary N) is 3. The number of hydrogen-bond acceptors (Lipinski definition) is 6. The first kappa shape index (κ1) is 20.8. The lowest BCUT2D eigenvalue weighted by Crippen LogP contribution is -2.46. The smallest absolute Gasteiger partial charge is 0.269 e. The number of amides is 3. The van der Waals surface area contributed by atoms with Crippen LogP contribution in [0.4, 0.5) is 0 Å². The predicted octanol–water partition coefficient (Wildman–Crippen LogP) is 1.58. The molecule has 0 bridgehead atoms. The summed E-state index contributed by atoms with van der Waals surface area (Å²) < 4.78 is 15.8. The van der Waals surface area contributed by atoms with E-state index in [1.54, 1.807) is 19.1 Å². The number of ether oxygens (including phenoxy) is 2. The maximum atomic E-state index is 12.2. The quantitative estimate of drug-likeness (QED) is 0.590. The van der Waals surface area contributed by atoms with Crippen molar-refractivity contribution in [2.24, 2.45) is 0 Å². The summed E-state index contributed by atoms with van der Waals surface area (Å²) in [6, 6.07) is 6.19. The van der Waals surface area contributed by atoms with Gasteiger partial charge in [0.05, 0.1) is 32.1 Å². The third-order valence-electron chi connectivity index (χ3n) is 3.72. The largest absolute Gasteiger partial charge is 0.493 e. The van der Waals surface area contributed by atoms with Crippen LogP contribution in [0, 0.1) is 6.92 Å². The van der Waals surface area contributed by atoms with Gasteiger partial charge in [0, 0.05) is 5.56 Å². The fraction of sp³-hybridized carbons (Fsp3) is 0.316. The van der Waals surface area contributed by atoms with Gasteiger partial charge in [0.25, 0.3) is 17.7 Å². The summed E-state index contributed by atoms with van der Waals surface area (Å²) in [6.45, 7) is 3.84. The molecule has 0 saturated heterocycles. The van der Waals surface area contributed by atoms with E-state index in [4.69, 9.17) is 13.9 Å². The molecule has 0 saturated carbocycles. The zero-order valence-corrected chi connectivity index (χ0v) is 16.0. The van der Waals surface area contributed by atoms with Gasteiger partial charge in [-0.05, 0) is 37.6 Å². The van der Waals surface area contributed by atoms with Gasteiger partial charge in [0.1, 0.15) is 5.76 Å². The Kier molecular flexibility index (Phi) is 7.44. The van der Waals surface area contributed by atoms with Crippen LogP contribution >= 0.6 is 0 Å². The van der Waals surface area contributed by atoms with E-state index in [1.165, 1.54) is 25.5 Å². The SMILES string of the molecule is CCCOc1ccc(C(=O)NNC(=O)CNC(=O)c2ccoc2C)cc1OC. The number of furan rings is 1. The van der Waals surface area contributed by atoms with Crippen LogP contribution in [-0.2, 0) is 4.79 Å². The second-order valence-corrected chi connectivity index (χ2v) is 5.79. The number of rotatable bonds is 8. The lowest BCUT2D eigenvalue weighted by molar-refractivity contribution is -0.120. The molecular weight excluding hydrogens is 366 g/mol. The topological polar surface area (TPSA) is 119 Å². The summed E-state index contributed by atoms with van der Waals surface area (Å²) in [5, 5.41) is 2.44. The van der Waals surface area contributed by atoms with Crippen molar-refractivity contribution in [1.29, 1.82) is 0 Å². The summed E-state index contributed by atoms with van der Waals surface area (Å²) in [7, 11) is 1.47. The van der Waals surface area contributed by atoms with Crippen LogP contribution in [0.5, 0.6) is 11.5 Å². The molecule has 150 valence electrons. The number of benzene rings is 1. The molecular formula is C19H23N3O6.